The molecule has 1 aliphatic rings. The van der Waals surface area contributed by atoms with Gasteiger partial charge in [0.2, 0.25) is 5.91 Å². The second-order valence-corrected chi connectivity index (χ2v) is 7.92. The van der Waals surface area contributed by atoms with Gasteiger partial charge < -0.3 is 29.9 Å². The number of hydrogen-bond donors (Lipinski definition) is 5. The number of nitrogens with zero attached hydrogens (tertiary/aromatic N) is 2. The van der Waals surface area contributed by atoms with E-state index in [0.29, 0.717) is 6.21 Å². The van der Waals surface area contributed by atoms with Crippen LogP contribution in [0.15, 0.2) is 17.2 Å². The number of hydrazone groups is 1. The van der Waals surface area contributed by atoms with E-state index in [-0.39, 0.29) is 12.0 Å². The lowest BCUT2D eigenvalue weighted by Crippen LogP contribution is -2.67. The third kappa shape index (κ3) is 4.14. The average Bonchev–Trinajstić information content (AvgIpc) is 2.62. The fourth-order valence-electron chi connectivity index (χ4n) is 2.85. The first kappa shape index (κ1) is 22.1. The van der Waals surface area contributed by atoms with Crippen LogP contribution in [-0.4, -0.2) is 74.9 Å². The zero-order valence-electron chi connectivity index (χ0n) is 15.2. The summed E-state index contributed by atoms with van der Waals surface area (Å²) in [5.41, 5.74) is 1.61. The van der Waals surface area contributed by atoms with Crippen LogP contribution < -0.4 is 5.43 Å². The highest BCUT2D eigenvalue weighted by Gasteiger charge is 2.51. The predicted molar refractivity (Wildman–Crippen MR) is 97.1 cm³/mol. The molecule has 29 heavy (non-hydrogen) atoms. The molecule has 0 saturated carbocycles. The van der Waals surface area contributed by atoms with Gasteiger partial charge in [0, 0.05) is 24.2 Å². The van der Waals surface area contributed by atoms with Gasteiger partial charge in [0.25, 0.3) is 5.91 Å². The topological polar surface area (TPSA) is 200 Å². The molecule has 0 aromatic heterocycles. The van der Waals surface area contributed by atoms with Crippen LogP contribution in [0.2, 0.25) is 0 Å². The van der Waals surface area contributed by atoms with Crippen LogP contribution in [0.1, 0.15) is 30.6 Å². The zero-order chi connectivity index (χ0) is 22.1. The Kier molecular flexibility index (Phi) is 6.13. The van der Waals surface area contributed by atoms with E-state index in [1.54, 1.807) is 6.92 Å². The predicted octanol–water partition coefficient (Wildman–Crippen LogP) is -0.769. The molecule has 12 nitrogen and oxygen atoms in total. The van der Waals surface area contributed by atoms with Gasteiger partial charge >= 0.3 is 5.97 Å². The fraction of sp³-hybridized carbons (Fsp3) is 0.375. The van der Waals surface area contributed by atoms with E-state index in [2.05, 4.69) is 5.10 Å². The largest absolute Gasteiger partial charge is 0.772 e. The van der Waals surface area contributed by atoms with Crippen molar-refractivity contribution in [2.75, 3.05) is 0 Å². The Morgan fingerprint density at radius 2 is 1.93 bits per heavy atom. The van der Waals surface area contributed by atoms with Crippen molar-refractivity contribution < 1.29 is 43.6 Å². The maximum atomic E-state index is 12.1. The first-order valence-corrected chi connectivity index (χ1v) is 9.20. The summed E-state index contributed by atoms with van der Waals surface area (Å²) in [5, 5.41) is 41.1. The minimum absolute atomic E-state index is 0.0765. The Bertz CT molecular complexity index is 896. The molecule has 0 bridgehead atoms. The van der Waals surface area contributed by atoms with Gasteiger partial charge in [0.1, 0.15) is 0 Å². The van der Waals surface area contributed by atoms with Crippen molar-refractivity contribution in [2.45, 2.75) is 37.1 Å². The molecule has 158 valence electrons. The number of benzene rings is 1. The number of phenolic OH excluding ortho intramolecular Hbond substituents is 3. The first-order valence-electron chi connectivity index (χ1n) is 8.13. The molecule has 2 amide bonds. The first-order chi connectivity index (χ1) is 13.4. The Labute approximate surface area is 166 Å². The Morgan fingerprint density at radius 3 is 2.34 bits per heavy atom. The normalized spacial score (nSPS) is 20.6. The molecule has 1 heterocycles. The molecule has 1 aromatic rings. The van der Waals surface area contributed by atoms with Gasteiger partial charge in [-0.15, -0.1) is 0 Å². The van der Waals surface area contributed by atoms with Gasteiger partial charge in [-0.05, 0) is 37.1 Å². The highest BCUT2D eigenvalue weighted by Crippen LogP contribution is 2.35. The molecule has 1 fully saturated rings. The van der Waals surface area contributed by atoms with Gasteiger partial charge in [-0.1, -0.05) is 0 Å². The minimum Gasteiger partial charge on any atom is -0.772 e. The van der Waals surface area contributed by atoms with Crippen molar-refractivity contribution in [1.82, 2.24) is 10.3 Å². The second-order valence-electron chi connectivity index (χ2n) is 6.58. The molecule has 1 unspecified atom stereocenters. The summed E-state index contributed by atoms with van der Waals surface area (Å²) in [6, 6.07) is -0.617. The number of nitrogens with one attached hydrogen (secondary N) is 1. The quantitative estimate of drug-likeness (QED) is 0.122. The highest BCUT2D eigenvalue weighted by molar-refractivity contribution is 7.81. The number of rotatable bonds is 7. The molecule has 5 N–H and O–H groups in total. The minimum atomic E-state index is -3.05. The molecule has 1 aromatic carbocycles. The maximum Gasteiger partial charge on any atom is 0.328 e. The van der Waals surface area contributed by atoms with Crippen LogP contribution in [0.25, 0.3) is 0 Å². The average molecular weight is 428 g/mol. The number of hydrogen-bond acceptors (Lipinski definition) is 9. The summed E-state index contributed by atoms with van der Waals surface area (Å²) in [7, 11) is 0. The van der Waals surface area contributed by atoms with E-state index in [0.717, 1.165) is 24.0 Å². The smallest absolute Gasteiger partial charge is 0.328 e. The van der Waals surface area contributed by atoms with E-state index in [1.807, 2.05) is 5.43 Å². The molecule has 0 radical (unpaired) electrons. The van der Waals surface area contributed by atoms with Gasteiger partial charge in [-0.3, -0.25) is 13.8 Å². The van der Waals surface area contributed by atoms with E-state index in [4.69, 9.17) is 0 Å². The number of aliphatic carboxylic acids is 1. The summed E-state index contributed by atoms with van der Waals surface area (Å²) < 4.78 is 21.4. The number of β-lactam (4-membered cyclic amide) rings is 1. The Morgan fingerprint density at radius 1 is 1.38 bits per heavy atom. The number of carboxylic acid groups (broad SMARTS) is 1. The summed E-state index contributed by atoms with van der Waals surface area (Å²) in [6.45, 7) is 2.59. The van der Waals surface area contributed by atoms with Crippen LogP contribution in [-0.2, 0) is 20.7 Å². The molecular weight excluding hydrogens is 410 g/mol. The maximum absolute atomic E-state index is 12.1. The molecule has 1 aliphatic heterocycles. The standard InChI is InChI=1S/C16H19N3O9S/c1-7-3-11(22)19(7)13(15(25)26)16(2,29(27)28)6-17-18-14(24)8-4-9(20)12(23)10(21)5-8/h4-7,13,20-21,23H,3H2,1-2H3,(H,18,24)(H,25,26)(H,27,28)/p-1/b17-6+/t7-,13+,16+/m1/s1. The Balaban J connectivity index is 2.28. The lowest BCUT2D eigenvalue weighted by atomic mass is 9.92. The van der Waals surface area contributed by atoms with Crippen LogP contribution in [0.3, 0.4) is 0 Å². The number of likely N-dealkylation sites (tertiary alicyclic amines) is 1. The summed E-state index contributed by atoms with van der Waals surface area (Å²) >= 11 is -3.05. The van der Waals surface area contributed by atoms with Crippen LogP contribution in [0, 0.1) is 0 Å². The highest BCUT2D eigenvalue weighted by atomic mass is 32.2. The SMILES string of the molecule is C[C@@H]1CC(=O)N1[C@@H](C(=O)O)[C@](C)(/C=N/NC(=O)c1cc(O)c(O)c(O)c1)S(=O)[O-]. The van der Waals surface area contributed by atoms with Crippen molar-refractivity contribution >= 4 is 35.1 Å². The molecule has 13 heteroatoms. The lowest BCUT2D eigenvalue weighted by molar-refractivity contribution is -0.161. The number of amides is 2. The van der Waals surface area contributed by atoms with Crippen molar-refractivity contribution in [1.29, 1.82) is 0 Å². The van der Waals surface area contributed by atoms with Crippen molar-refractivity contribution in [3.63, 3.8) is 0 Å². The summed E-state index contributed by atoms with van der Waals surface area (Å²) in [6.07, 6.45) is 0.748. The van der Waals surface area contributed by atoms with Gasteiger partial charge in [0.05, 0.1) is 4.75 Å². The third-order valence-electron chi connectivity index (χ3n) is 4.47. The van der Waals surface area contributed by atoms with Crippen molar-refractivity contribution in [2.24, 2.45) is 5.10 Å². The molecule has 1 saturated heterocycles. The number of phenols is 3. The molecule has 0 aliphatic carbocycles. The van der Waals surface area contributed by atoms with Gasteiger partial charge in [-0.2, -0.15) is 5.10 Å². The molecule has 0 spiro atoms. The summed E-state index contributed by atoms with van der Waals surface area (Å²) in [4.78, 5) is 36.5. The number of carboxylic acids is 1. The fourth-order valence-corrected chi connectivity index (χ4v) is 3.39. The number of aromatic hydroxyl groups is 3. The monoisotopic (exact) mass is 428 g/mol. The van der Waals surface area contributed by atoms with Crippen LogP contribution in [0.5, 0.6) is 17.2 Å². The second kappa shape index (κ2) is 8.05. The van der Waals surface area contributed by atoms with Gasteiger partial charge in [-0.25, -0.2) is 10.2 Å². The Hall–Kier alpha value is -3.19. The van der Waals surface area contributed by atoms with Crippen LogP contribution >= 0.6 is 0 Å². The van der Waals surface area contributed by atoms with E-state index in [1.165, 1.54) is 0 Å². The summed E-state index contributed by atoms with van der Waals surface area (Å²) in [5.74, 6) is -5.48. The third-order valence-corrected chi connectivity index (χ3v) is 5.51. The molecular formula is C16H18N3O9S-. The number of carbonyl (C=O) groups excluding carboxylic acids is 2. The number of carbonyl (C=O) groups is 3. The van der Waals surface area contributed by atoms with Crippen LogP contribution in [0.4, 0.5) is 0 Å². The zero-order valence-corrected chi connectivity index (χ0v) is 16.0. The molecule has 4 atom stereocenters. The molecule has 2 rings (SSSR count). The van der Waals surface area contributed by atoms with Gasteiger partial charge in [0.15, 0.2) is 23.3 Å². The lowest BCUT2D eigenvalue weighted by Gasteiger charge is -2.48. The van der Waals surface area contributed by atoms with E-state index >= 15 is 0 Å². The van der Waals surface area contributed by atoms with E-state index < -0.39 is 62.9 Å². The van der Waals surface area contributed by atoms with E-state index in [9.17, 15) is 43.6 Å². The van der Waals surface area contributed by atoms with Crippen molar-refractivity contribution in [3.8, 4) is 17.2 Å². The van der Waals surface area contributed by atoms with Crippen molar-refractivity contribution in [3.05, 3.63) is 17.7 Å².